The molecule has 0 saturated heterocycles. The normalized spacial score (nSPS) is 10.1. The molecule has 3 aromatic rings. The number of rotatable bonds is 6. The highest BCUT2D eigenvalue weighted by atomic mass is 16.6. The number of nitrogens with one attached hydrogen (secondary N) is 1. The van der Waals surface area contributed by atoms with Crippen LogP contribution in [0.3, 0.4) is 0 Å². The van der Waals surface area contributed by atoms with E-state index in [4.69, 9.17) is 4.74 Å². The van der Waals surface area contributed by atoms with Gasteiger partial charge in [0.1, 0.15) is 0 Å². The molecular weight excluding hydrogens is 360 g/mol. The Labute approximate surface area is 160 Å². The van der Waals surface area contributed by atoms with Gasteiger partial charge in [0.2, 0.25) is 0 Å². The molecule has 1 amide bonds. The van der Waals surface area contributed by atoms with Crippen LogP contribution in [-0.4, -0.2) is 23.4 Å². The smallest absolute Gasteiger partial charge is 0.338 e. The SMILES string of the molecule is O=C(COC(=O)c1ccc(-c2ccccc2)cc1)Nc1ccc([N+](=O)[O-])cc1. The standard InChI is InChI=1S/C21H16N2O5/c24-20(22-18-10-12-19(13-11-18)23(26)27)14-28-21(25)17-8-6-16(7-9-17)15-4-2-1-3-5-15/h1-13H,14H2,(H,22,24). The lowest BCUT2D eigenvalue weighted by molar-refractivity contribution is -0.384. The van der Waals surface area contributed by atoms with Crippen LogP contribution >= 0.6 is 0 Å². The Morgan fingerprint density at radius 3 is 2.07 bits per heavy atom. The van der Waals surface area contributed by atoms with Gasteiger partial charge < -0.3 is 10.1 Å². The molecule has 140 valence electrons. The van der Waals surface area contributed by atoms with Gasteiger partial charge in [0.05, 0.1) is 10.5 Å². The number of esters is 1. The van der Waals surface area contributed by atoms with Crippen molar-refractivity contribution in [3.63, 3.8) is 0 Å². The van der Waals surface area contributed by atoms with Crippen molar-refractivity contribution in [2.45, 2.75) is 0 Å². The summed E-state index contributed by atoms with van der Waals surface area (Å²) in [6, 6.07) is 22.0. The summed E-state index contributed by atoms with van der Waals surface area (Å²) in [5, 5.41) is 13.1. The van der Waals surface area contributed by atoms with E-state index in [2.05, 4.69) is 5.32 Å². The van der Waals surface area contributed by atoms with Gasteiger partial charge in [-0.15, -0.1) is 0 Å². The zero-order valence-corrected chi connectivity index (χ0v) is 14.7. The molecule has 0 radical (unpaired) electrons. The Morgan fingerprint density at radius 1 is 0.857 bits per heavy atom. The average molecular weight is 376 g/mol. The molecule has 0 bridgehead atoms. The fourth-order valence-corrected chi connectivity index (χ4v) is 2.51. The highest BCUT2D eigenvalue weighted by Crippen LogP contribution is 2.19. The first-order valence-corrected chi connectivity index (χ1v) is 8.40. The summed E-state index contributed by atoms with van der Waals surface area (Å²) >= 11 is 0. The summed E-state index contributed by atoms with van der Waals surface area (Å²) in [5.74, 6) is -1.15. The molecule has 0 heterocycles. The van der Waals surface area contributed by atoms with Crippen molar-refractivity contribution in [3.8, 4) is 11.1 Å². The van der Waals surface area contributed by atoms with Crippen LogP contribution in [0.4, 0.5) is 11.4 Å². The van der Waals surface area contributed by atoms with Gasteiger partial charge in [-0.3, -0.25) is 14.9 Å². The van der Waals surface area contributed by atoms with Crippen molar-refractivity contribution in [1.82, 2.24) is 0 Å². The van der Waals surface area contributed by atoms with E-state index < -0.39 is 23.4 Å². The number of hydrogen-bond donors (Lipinski definition) is 1. The molecule has 0 aliphatic carbocycles. The molecule has 0 aliphatic rings. The van der Waals surface area contributed by atoms with E-state index >= 15 is 0 Å². The Morgan fingerprint density at radius 2 is 1.46 bits per heavy atom. The van der Waals surface area contributed by atoms with E-state index in [9.17, 15) is 19.7 Å². The first-order chi connectivity index (χ1) is 13.5. The molecule has 7 heteroatoms. The largest absolute Gasteiger partial charge is 0.452 e. The van der Waals surface area contributed by atoms with Gasteiger partial charge in [0.15, 0.2) is 6.61 Å². The molecule has 0 aliphatic heterocycles. The number of nitro benzene ring substituents is 1. The summed E-state index contributed by atoms with van der Waals surface area (Å²) in [6.45, 7) is -0.462. The highest BCUT2D eigenvalue weighted by Gasteiger charge is 2.11. The van der Waals surface area contributed by atoms with Crippen LogP contribution in [0.5, 0.6) is 0 Å². The van der Waals surface area contributed by atoms with Gasteiger partial charge >= 0.3 is 5.97 Å². The van der Waals surface area contributed by atoms with E-state index in [-0.39, 0.29) is 5.69 Å². The number of benzene rings is 3. The quantitative estimate of drug-likeness (QED) is 0.397. The fraction of sp³-hybridized carbons (Fsp3) is 0.0476. The second-order valence-electron chi connectivity index (χ2n) is 5.87. The lowest BCUT2D eigenvalue weighted by atomic mass is 10.0. The van der Waals surface area contributed by atoms with Crippen LogP contribution < -0.4 is 5.32 Å². The molecule has 28 heavy (non-hydrogen) atoms. The van der Waals surface area contributed by atoms with Crippen LogP contribution in [0.2, 0.25) is 0 Å². The van der Waals surface area contributed by atoms with Crippen molar-refractivity contribution >= 4 is 23.3 Å². The Hall–Kier alpha value is -4.00. The predicted molar refractivity (Wildman–Crippen MR) is 104 cm³/mol. The summed E-state index contributed by atoms with van der Waals surface area (Å²) < 4.78 is 5.01. The summed E-state index contributed by atoms with van der Waals surface area (Å²) in [7, 11) is 0. The monoisotopic (exact) mass is 376 g/mol. The number of carbonyl (C=O) groups excluding carboxylic acids is 2. The first kappa shape index (κ1) is 18.8. The molecule has 0 aromatic heterocycles. The maximum atomic E-state index is 12.1. The van der Waals surface area contributed by atoms with Gasteiger partial charge in [-0.2, -0.15) is 0 Å². The third-order valence-corrected chi connectivity index (χ3v) is 3.92. The minimum Gasteiger partial charge on any atom is -0.452 e. The number of nitrogens with zero attached hydrogens (tertiary/aromatic N) is 1. The molecule has 0 atom stereocenters. The number of hydrogen-bond acceptors (Lipinski definition) is 5. The van der Waals surface area contributed by atoms with E-state index in [1.54, 1.807) is 12.1 Å². The number of ether oxygens (including phenoxy) is 1. The van der Waals surface area contributed by atoms with Crippen molar-refractivity contribution in [3.05, 3.63) is 94.5 Å². The van der Waals surface area contributed by atoms with Gasteiger partial charge in [-0.05, 0) is 35.4 Å². The van der Waals surface area contributed by atoms with E-state index in [0.29, 0.717) is 11.3 Å². The summed E-state index contributed by atoms with van der Waals surface area (Å²) in [4.78, 5) is 34.1. The van der Waals surface area contributed by atoms with Gasteiger partial charge in [-0.25, -0.2) is 4.79 Å². The van der Waals surface area contributed by atoms with Crippen molar-refractivity contribution < 1.29 is 19.2 Å². The third-order valence-electron chi connectivity index (χ3n) is 3.92. The van der Waals surface area contributed by atoms with Crippen molar-refractivity contribution in [1.29, 1.82) is 0 Å². The third kappa shape index (κ3) is 4.79. The van der Waals surface area contributed by atoms with E-state index in [0.717, 1.165) is 11.1 Å². The number of non-ortho nitro benzene ring substituents is 1. The molecule has 3 aromatic carbocycles. The average Bonchev–Trinajstić information content (AvgIpc) is 2.73. The number of carbonyl (C=O) groups is 2. The number of anilines is 1. The number of nitro groups is 1. The molecular formula is C21H16N2O5. The zero-order chi connectivity index (χ0) is 19.9. The molecule has 0 saturated carbocycles. The first-order valence-electron chi connectivity index (χ1n) is 8.40. The topological polar surface area (TPSA) is 98.5 Å². The Balaban J connectivity index is 1.53. The van der Waals surface area contributed by atoms with Crippen LogP contribution in [-0.2, 0) is 9.53 Å². The van der Waals surface area contributed by atoms with Crippen LogP contribution in [0.1, 0.15) is 10.4 Å². The van der Waals surface area contributed by atoms with Crippen LogP contribution in [0.25, 0.3) is 11.1 Å². The minimum absolute atomic E-state index is 0.0802. The van der Waals surface area contributed by atoms with Gasteiger partial charge in [0, 0.05) is 17.8 Å². The number of amides is 1. The van der Waals surface area contributed by atoms with Gasteiger partial charge in [-0.1, -0.05) is 42.5 Å². The zero-order valence-electron chi connectivity index (χ0n) is 14.7. The molecule has 0 fully saturated rings. The maximum Gasteiger partial charge on any atom is 0.338 e. The molecule has 7 nitrogen and oxygen atoms in total. The second kappa shape index (κ2) is 8.59. The minimum atomic E-state index is -0.613. The second-order valence-corrected chi connectivity index (χ2v) is 5.87. The van der Waals surface area contributed by atoms with E-state index in [1.807, 2.05) is 42.5 Å². The van der Waals surface area contributed by atoms with Crippen LogP contribution in [0.15, 0.2) is 78.9 Å². The summed E-state index contributed by atoms with van der Waals surface area (Å²) in [5.41, 5.74) is 2.63. The molecule has 3 rings (SSSR count). The molecule has 0 unspecified atom stereocenters. The molecule has 0 spiro atoms. The van der Waals surface area contributed by atoms with E-state index in [1.165, 1.54) is 24.3 Å². The van der Waals surface area contributed by atoms with Gasteiger partial charge in [0.25, 0.3) is 11.6 Å². The predicted octanol–water partition coefficient (Wildman–Crippen LogP) is 4.06. The molecule has 1 N–H and O–H groups in total. The highest BCUT2D eigenvalue weighted by molar-refractivity contribution is 5.95. The van der Waals surface area contributed by atoms with Crippen molar-refractivity contribution in [2.24, 2.45) is 0 Å². The Kier molecular flexibility index (Phi) is 5.76. The summed E-state index contributed by atoms with van der Waals surface area (Å²) in [6.07, 6.45) is 0. The fourth-order valence-electron chi connectivity index (χ4n) is 2.51. The Bertz CT molecular complexity index is 984. The lowest BCUT2D eigenvalue weighted by Gasteiger charge is -2.07. The maximum absolute atomic E-state index is 12.1. The van der Waals surface area contributed by atoms with Crippen molar-refractivity contribution in [2.75, 3.05) is 11.9 Å². The lowest BCUT2D eigenvalue weighted by Crippen LogP contribution is -2.20. The van der Waals surface area contributed by atoms with Crippen LogP contribution in [0, 0.1) is 10.1 Å².